The van der Waals surface area contributed by atoms with Crippen LogP contribution < -0.4 is 15.0 Å². The zero-order chi connectivity index (χ0) is 16.9. The molecule has 24 heavy (non-hydrogen) atoms. The number of carbonyl (C=O) groups is 1. The van der Waals surface area contributed by atoms with E-state index in [2.05, 4.69) is 29.3 Å². The molecule has 0 atom stereocenters. The summed E-state index contributed by atoms with van der Waals surface area (Å²) in [5.74, 6) is 0.903. The van der Waals surface area contributed by atoms with Crippen LogP contribution in [0.3, 0.4) is 0 Å². The van der Waals surface area contributed by atoms with Crippen molar-refractivity contribution in [2.75, 3.05) is 38.2 Å². The molecule has 0 spiro atoms. The summed E-state index contributed by atoms with van der Waals surface area (Å²) in [6.07, 6.45) is 6.06. The predicted molar refractivity (Wildman–Crippen MR) is 96.9 cm³/mol. The SMILES string of the molecule is COc1ccc(C)cc1N1CCN(C(=O)NC2CCCCC2)CC1. The number of ether oxygens (including phenoxy) is 1. The van der Waals surface area contributed by atoms with Crippen LogP contribution in [0.5, 0.6) is 5.75 Å². The van der Waals surface area contributed by atoms with Gasteiger partial charge in [-0.3, -0.25) is 0 Å². The van der Waals surface area contributed by atoms with Crippen molar-refractivity contribution in [3.05, 3.63) is 23.8 Å². The van der Waals surface area contributed by atoms with E-state index < -0.39 is 0 Å². The summed E-state index contributed by atoms with van der Waals surface area (Å²) in [6, 6.07) is 6.73. The van der Waals surface area contributed by atoms with Gasteiger partial charge in [-0.05, 0) is 37.5 Å². The predicted octanol–water partition coefficient (Wildman–Crippen LogP) is 3.17. The van der Waals surface area contributed by atoms with Crippen LogP contribution in [-0.4, -0.2) is 50.3 Å². The Morgan fingerprint density at radius 2 is 1.83 bits per heavy atom. The third-order valence-corrected chi connectivity index (χ3v) is 5.17. The maximum atomic E-state index is 12.5. The van der Waals surface area contributed by atoms with Crippen molar-refractivity contribution in [1.29, 1.82) is 0 Å². The normalized spacial score (nSPS) is 19.2. The number of piperazine rings is 1. The highest BCUT2D eigenvalue weighted by Crippen LogP contribution is 2.30. The van der Waals surface area contributed by atoms with Crippen molar-refractivity contribution in [1.82, 2.24) is 10.2 Å². The Morgan fingerprint density at radius 3 is 2.50 bits per heavy atom. The maximum absolute atomic E-state index is 12.5. The highest BCUT2D eigenvalue weighted by molar-refractivity contribution is 5.75. The summed E-state index contributed by atoms with van der Waals surface area (Å²) in [6.45, 7) is 5.30. The molecule has 0 radical (unpaired) electrons. The minimum absolute atomic E-state index is 0.109. The lowest BCUT2D eigenvalue weighted by molar-refractivity contribution is 0.186. The molecule has 1 aliphatic carbocycles. The van der Waals surface area contributed by atoms with E-state index in [0.29, 0.717) is 6.04 Å². The van der Waals surface area contributed by atoms with Gasteiger partial charge in [-0.1, -0.05) is 25.3 Å². The van der Waals surface area contributed by atoms with Crippen LogP contribution >= 0.6 is 0 Å². The Labute approximate surface area is 145 Å². The summed E-state index contributed by atoms with van der Waals surface area (Å²) >= 11 is 0. The number of benzene rings is 1. The molecule has 2 fully saturated rings. The summed E-state index contributed by atoms with van der Waals surface area (Å²) in [7, 11) is 1.71. The number of nitrogens with one attached hydrogen (secondary N) is 1. The van der Waals surface area contributed by atoms with Crippen molar-refractivity contribution in [3.63, 3.8) is 0 Å². The maximum Gasteiger partial charge on any atom is 0.317 e. The molecule has 5 nitrogen and oxygen atoms in total. The standard InChI is InChI=1S/C19H29N3O2/c1-15-8-9-18(24-2)17(14-15)21-10-12-22(13-11-21)19(23)20-16-6-4-3-5-7-16/h8-9,14,16H,3-7,10-13H2,1-2H3,(H,20,23). The van der Waals surface area contributed by atoms with Crippen LogP contribution in [0.2, 0.25) is 0 Å². The third-order valence-electron chi connectivity index (χ3n) is 5.17. The zero-order valence-corrected chi connectivity index (χ0v) is 14.9. The number of hydrogen-bond donors (Lipinski definition) is 1. The van der Waals surface area contributed by atoms with E-state index in [0.717, 1.165) is 50.5 Å². The lowest BCUT2D eigenvalue weighted by atomic mass is 9.96. The number of hydrogen-bond acceptors (Lipinski definition) is 3. The molecular formula is C19H29N3O2. The van der Waals surface area contributed by atoms with Crippen molar-refractivity contribution in [2.24, 2.45) is 0 Å². The van der Waals surface area contributed by atoms with Crippen LogP contribution in [0.15, 0.2) is 18.2 Å². The lowest BCUT2D eigenvalue weighted by Crippen LogP contribution is -2.53. The second kappa shape index (κ2) is 7.77. The quantitative estimate of drug-likeness (QED) is 0.925. The van der Waals surface area contributed by atoms with Gasteiger partial charge in [-0.15, -0.1) is 0 Å². The first kappa shape index (κ1) is 16.9. The van der Waals surface area contributed by atoms with Gasteiger partial charge in [0.2, 0.25) is 0 Å². The van der Waals surface area contributed by atoms with Crippen LogP contribution in [0, 0.1) is 6.92 Å². The van der Waals surface area contributed by atoms with Crippen molar-refractivity contribution in [2.45, 2.75) is 45.1 Å². The first-order valence-corrected chi connectivity index (χ1v) is 9.12. The number of methoxy groups -OCH3 is 1. The molecule has 1 saturated heterocycles. The van der Waals surface area contributed by atoms with Crippen LogP contribution in [0.1, 0.15) is 37.7 Å². The van der Waals surface area contributed by atoms with Gasteiger partial charge in [0.15, 0.2) is 0 Å². The molecule has 1 aromatic rings. The molecule has 132 valence electrons. The van der Waals surface area contributed by atoms with Gasteiger partial charge in [-0.25, -0.2) is 4.79 Å². The van der Waals surface area contributed by atoms with Crippen molar-refractivity contribution in [3.8, 4) is 5.75 Å². The fourth-order valence-corrected chi connectivity index (χ4v) is 3.71. The number of anilines is 1. The van der Waals surface area contributed by atoms with E-state index in [9.17, 15) is 4.79 Å². The molecule has 0 unspecified atom stereocenters. The Hall–Kier alpha value is -1.91. The first-order valence-electron chi connectivity index (χ1n) is 9.12. The van der Waals surface area contributed by atoms with Gasteiger partial charge < -0.3 is 19.9 Å². The van der Waals surface area contributed by atoms with Gasteiger partial charge in [0, 0.05) is 32.2 Å². The van der Waals surface area contributed by atoms with E-state index >= 15 is 0 Å². The van der Waals surface area contributed by atoms with Gasteiger partial charge >= 0.3 is 6.03 Å². The average Bonchev–Trinajstić information content (AvgIpc) is 2.62. The van der Waals surface area contributed by atoms with Gasteiger partial charge in [0.1, 0.15) is 5.75 Å². The lowest BCUT2D eigenvalue weighted by Gasteiger charge is -2.37. The number of carbonyl (C=O) groups excluding carboxylic acids is 1. The van der Waals surface area contributed by atoms with Crippen LogP contribution in [-0.2, 0) is 0 Å². The smallest absolute Gasteiger partial charge is 0.317 e. The summed E-state index contributed by atoms with van der Waals surface area (Å²) in [5.41, 5.74) is 2.35. The van der Waals surface area contributed by atoms with Crippen LogP contribution in [0.25, 0.3) is 0 Å². The van der Waals surface area contributed by atoms with Gasteiger partial charge in [-0.2, -0.15) is 0 Å². The zero-order valence-electron chi connectivity index (χ0n) is 14.9. The molecular weight excluding hydrogens is 302 g/mol. The molecule has 1 aliphatic heterocycles. The van der Waals surface area contributed by atoms with E-state index in [-0.39, 0.29) is 6.03 Å². The molecule has 2 aliphatic rings. The Kier molecular flexibility index (Phi) is 5.48. The molecule has 0 aromatic heterocycles. The number of aryl methyl sites for hydroxylation is 1. The van der Waals surface area contributed by atoms with Gasteiger partial charge in [0.25, 0.3) is 0 Å². The topological polar surface area (TPSA) is 44.8 Å². The first-order chi connectivity index (χ1) is 11.7. The monoisotopic (exact) mass is 331 g/mol. The molecule has 3 rings (SSSR count). The molecule has 1 aromatic carbocycles. The molecule has 5 heteroatoms. The Balaban J connectivity index is 1.55. The second-order valence-electron chi connectivity index (χ2n) is 6.93. The minimum Gasteiger partial charge on any atom is -0.495 e. The third kappa shape index (κ3) is 3.94. The van der Waals surface area contributed by atoms with E-state index in [1.165, 1.54) is 24.8 Å². The van der Waals surface area contributed by atoms with E-state index in [1.807, 2.05) is 11.0 Å². The Morgan fingerprint density at radius 1 is 1.12 bits per heavy atom. The molecule has 2 amide bonds. The highest BCUT2D eigenvalue weighted by Gasteiger charge is 2.25. The molecule has 0 bridgehead atoms. The summed E-state index contributed by atoms with van der Waals surface area (Å²) in [4.78, 5) is 16.7. The number of amides is 2. The number of nitrogens with zero attached hydrogens (tertiary/aromatic N) is 2. The van der Waals surface area contributed by atoms with E-state index in [4.69, 9.17) is 4.74 Å². The van der Waals surface area contributed by atoms with Crippen LogP contribution in [0.4, 0.5) is 10.5 Å². The Bertz CT molecular complexity index is 562. The average molecular weight is 331 g/mol. The number of urea groups is 1. The van der Waals surface area contributed by atoms with Gasteiger partial charge in [0.05, 0.1) is 12.8 Å². The largest absolute Gasteiger partial charge is 0.495 e. The molecule has 1 N–H and O–H groups in total. The number of rotatable bonds is 3. The van der Waals surface area contributed by atoms with E-state index in [1.54, 1.807) is 7.11 Å². The fraction of sp³-hybridized carbons (Fsp3) is 0.632. The fourth-order valence-electron chi connectivity index (χ4n) is 3.71. The summed E-state index contributed by atoms with van der Waals surface area (Å²) in [5, 5.41) is 3.22. The highest BCUT2D eigenvalue weighted by atomic mass is 16.5. The summed E-state index contributed by atoms with van der Waals surface area (Å²) < 4.78 is 5.49. The molecule has 1 saturated carbocycles. The van der Waals surface area contributed by atoms with Crippen molar-refractivity contribution < 1.29 is 9.53 Å². The minimum atomic E-state index is 0.109. The molecule has 1 heterocycles. The van der Waals surface area contributed by atoms with Crippen molar-refractivity contribution >= 4 is 11.7 Å². The second-order valence-corrected chi connectivity index (χ2v) is 6.93.